The zero-order chi connectivity index (χ0) is 9.84. The van der Waals surface area contributed by atoms with E-state index in [-0.39, 0.29) is 6.61 Å². The van der Waals surface area contributed by atoms with Crippen LogP contribution in [0.1, 0.15) is 5.69 Å². The Hall–Kier alpha value is -1.10. The molecule has 1 rings (SSSR count). The molecule has 1 aromatic rings. The van der Waals surface area contributed by atoms with E-state index in [2.05, 4.69) is 20.9 Å². The van der Waals surface area contributed by atoms with E-state index in [1.165, 1.54) is 0 Å². The van der Waals surface area contributed by atoms with Crippen LogP contribution in [0.5, 0.6) is 5.88 Å². The first kappa shape index (κ1) is 9.98. The predicted octanol–water partition coefficient (Wildman–Crippen LogP) is 1.62. The van der Waals surface area contributed by atoms with Crippen molar-refractivity contribution < 1.29 is 14.6 Å². The fourth-order valence-electron chi connectivity index (χ4n) is 0.737. The summed E-state index contributed by atoms with van der Waals surface area (Å²) in [7, 11) is 0. The summed E-state index contributed by atoms with van der Waals surface area (Å²) in [5, 5.41) is 8.34. The van der Waals surface area contributed by atoms with Gasteiger partial charge in [-0.1, -0.05) is 0 Å². The molecule has 0 radical (unpaired) electrons. The minimum absolute atomic E-state index is 0.322. The number of pyridine rings is 1. The Kier molecular flexibility index (Phi) is 3.25. The normalized spacial score (nSPS) is 9.69. The van der Waals surface area contributed by atoms with E-state index < -0.39 is 5.97 Å². The zero-order valence-corrected chi connectivity index (χ0v) is 8.54. The van der Waals surface area contributed by atoms with Gasteiger partial charge in [0.25, 0.3) is 0 Å². The molecule has 5 heteroatoms. The fraction of sp³-hybridized carbons (Fsp3) is 0.250. The molecule has 0 amide bonds. The maximum atomic E-state index is 10.2. The molecule has 0 bridgehead atoms. The summed E-state index contributed by atoms with van der Waals surface area (Å²) < 4.78 is 5.74. The van der Waals surface area contributed by atoms with Crippen molar-refractivity contribution in [3.8, 4) is 5.88 Å². The maximum Gasteiger partial charge on any atom is 0.341 e. The molecule has 0 saturated carbocycles. The zero-order valence-electron chi connectivity index (χ0n) is 6.95. The molecule has 0 aliphatic carbocycles. The molecular formula is C8H8BrNO3. The Morgan fingerprint density at radius 1 is 1.69 bits per heavy atom. The molecule has 13 heavy (non-hydrogen) atoms. The van der Waals surface area contributed by atoms with Gasteiger partial charge >= 0.3 is 5.97 Å². The first-order valence-electron chi connectivity index (χ1n) is 3.57. The lowest BCUT2D eigenvalue weighted by molar-refractivity contribution is -0.139. The number of nitrogens with zero attached hydrogens (tertiary/aromatic N) is 1. The lowest BCUT2D eigenvalue weighted by Crippen LogP contribution is -2.10. The van der Waals surface area contributed by atoms with E-state index in [0.29, 0.717) is 5.88 Å². The predicted molar refractivity (Wildman–Crippen MR) is 49.8 cm³/mol. The SMILES string of the molecule is Cc1nc(OCC(=O)O)ccc1Br. The van der Waals surface area contributed by atoms with Crippen LogP contribution in [0.25, 0.3) is 0 Å². The third kappa shape index (κ3) is 3.02. The van der Waals surface area contributed by atoms with Crippen LogP contribution in [-0.2, 0) is 4.79 Å². The van der Waals surface area contributed by atoms with Crippen LogP contribution >= 0.6 is 15.9 Å². The molecule has 0 aromatic carbocycles. The van der Waals surface area contributed by atoms with E-state index in [4.69, 9.17) is 9.84 Å². The lowest BCUT2D eigenvalue weighted by atomic mass is 10.4. The van der Waals surface area contributed by atoms with Gasteiger partial charge in [0.2, 0.25) is 5.88 Å². The van der Waals surface area contributed by atoms with Gasteiger partial charge < -0.3 is 9.84 Å². The number of hydrogen-bond acceptors (Lipinski definition) is 3. The van der Waals surface area contributed by atoms with Gasteiger partial charge in [-0.25, -0.2) is 9.78 Å². The highest BCUT2D eigenvalue weighted by Gasteiger charge is 2.02. The largest absolute Gasteiger partial charge is 0.479 e. The number of rotatable bonds is 3. The molecule has 0 aliphatic rings. The van der Waals surface area contributed by atoms with Crippen LogP contribution in [0.4, 0.5) is 0 Å². The van der Waals surface area contributed by atoms with Crippen molar-refractivity contribution in [2.75, 3.05) is 6.61 Å². The number of hydrogen-bond donors (Lipinski definition) is 1. The number of carboxylic acid groups (broad SMARTS) is 1. The fourth-order valence-corrected chi connectivity index (χ4v) is 0.958. The molecule has 70 valence electrons. The highest BCUT2D eigenvalue weighted by atomic mass is 79.9. The molecule has 1 heterocycles. The number of halogens is 1. The van der Waals surface area contributed by atoms with Gasteiger partial charge in [-0.15, -0.1) is 0 Å². The third-order valence-electron chi connectivity index (χ3n) is 1.34. The lowest BCUT2D eigenvalue weighted by Gasteiger charge is -2.03. The second kappa shape index (κ2) is 4.23. The summed E-state index contributed by atoms with van der Waals surface area (Å²) in [5.74, 6) is -0.689. The second-order valence-corrected chi connectivity index (χ2v) is 3.25. The highest BCUT2D eigenvalue weighted by Crippen LogP contribution is 2.17. The first-order valence-corrected chi connectivity index (χ1v) is 4.36. The van der Waals surface area contributed by atoms with Crippen LogP contribution in [0.15, 0.2) is 16.6 Å². The van der Waals surface area contributed by atoms with Gasteiger partial charge in [0, 0.05) is 10.5 Å². The molecule has 0 saturated heterocycles. The van der Waals surface area contributed by atoms with Gasteiger partial charge in [-0.2, -0.15) is 0 Å². The van der Waals surface area contributed by atoms with Crippen molar-refractivity contribution >= 4 is 21.9 Å². The van der Waals surface area contributed by atoms with Gasteiger partial charge in [0.1, 0.15) is 0 Å². The molecule has 4 nitrogen and oxygen atoms in total. The first-order chi connectivity index (χ1) is 6.09. The van der Waals surface area contributed by atoms with E-state index in [0.717, 1.165) is 10.2 Å². The van der Waals surface area contributed by atoms with Crippen LogP contribution < -0.4 is 4.74 Å². The number of ether oxygens (including phenoxy) is 1. The Bertz CT molecular complexity index is 327. The molecule has 0 spiro atoms. The van der Waals surface area contributed by atoms with Crippen LogP contribution in [-0.4, -0.2) is 22.7 Å². The van der Waals surface area contributed by atoms with Crippen molar-refractivity contribution in [2.45, 2.75) is 6.92 Å². The molecule has 0 aliphatic heterocycles. The molecule has 0 unspecified atom stereocenters. The summed E-state index contributed by atoms with van der Waals surface area (Å²) in [4.78, 5) is 14.2. The second-order valence-electron chi connectivity index (χ2n) is 2.40. The molecule has 1 aromatic heterocycles. The van der Waals surface area contributed by atoms with Crippen molar-refractivity contribution in [1.82, 2.24) is 4.98 Å². The van der Waals surface area contributed by atoms with Gasteiger partial charge in [-0.3, -0.25) is 0 Å². The summed E-state index contributed by atoms with van der Waals surface area (Å²) >= 11 is 3.28. The Labute approximate surface area is 83.7 Å². The van der Waals surface area contributed by atoms with Crippen molar-refractivity contribution in [3.63, 3.8) is 0 Å². The maximum absolute atomic E-state index is 10.2. The minimum atomic E-state index is -1.01. The smallest absolute Gasteiger partial charge is 0.341 e. The van der Waals surface area contributed by atoms with Crippen molar-refractivity contribution in [2.24, 2.45) is 0 Å². The van der Waals surface area contributed by atoms with Crippen LogP contribution in [0.2, 0.25) is 0 Å². The van der Waals surface area contributed by atoms with Crippen molar-refractivity contribution in [1.29, 1.82) is 0 Å². The number of aliphatic carboxylic acids is 1. The van der Waals surface area contributed by atoms with Crippen LogP contribution in [0.3, 0.4) is 0 Å². The molecular weight excluding hydrogens is 238 g/mol. The highest BCUT2D eigenvalue weighted by molar-refractivity contribution is 9.10. The Morgan fingerprint density at radius 3 is 2.92 bits per heavy atom. The molecule has 1 N–H and O–H groups in total. The molecule has 0 atom stereocenters. The number of aromatic nitrogens is 1. The van der Waals surface area contributed by atoms with E-state index in [1.54, 1.807) is 19.1 Å². The standard InChI is InChI=1S/C8H8BrNO3/c1-5-6(9)2-3-7(10-5)13-4-8(11)12/h2-3H,4H2,1H3,(H,11,12). The van der Waals surface area contributed by atoms with Gasteiger partial charge in [0.05, 0.1) is 5.69 Å². The number of aryl methyl sites for hydroxylation is 1. The van der Waals surface area contributed by atoms with Gasteiger partial charge in [-0.05, 0) is 28.9 Å². The average molecular weight is 246 g/mol. The summed E-state index contributed by atoms with van der Waals surface area (Å²) in [6, 6.07) is 3.37. The van der Waals surface area contributed by atoms with Crippen LogP contribution in [0, 0.1) is 6.92 Å². The monoisotopic (exact) mass is 245 g/mol. The quantitative estimate of drug-likeness (QED) is 0.880. The van der Waals surface area contributed by atoms with E-state index in [9.17, 15) is 4.79 Å². The average Bonchev–Trinajstić information content (AvgIpc) is 2.07. The number of carbonyl (C=O) groups is 1. The Balaban J connectivity index is 2.68. The number of carboxylic acids is 1. The summed E-state index contributed by atoms with van der Waals surface area (Å²) in [6.45, 7) is 1.44. The van der Waals surface area contributed by atoms with E-state index >= 15 is 0 Å². The third-order valence-corrected chi connectivity index (χ3v) is 2.18. The Morgan fingerprint density at radius 2 is 2.38 bits per heavy atom. The van der Waals surface area contributed by atoms with Crippen molar-refractivity contribution in [3.05, 3.63) is 22.3 Å². The summed E-state index contributed by atoms with van der Waals surface area (Å²) in [5.41, 5.74) is 0.767. The minimum Gasteiger partial charge on any atom is -0.479 e. The topological polar surface area (TPSA) is 59.4 Å². The van der Waals surface area contributed by atoms with E-state index in [1.807, 2.05) is 0 Å². The van der Waals surface area contributed by atoms with Gasteiger partial charge in [0.15, 0.2) is 6.61 Å². The summed E-state index contributed by atoms with van der Waals surface area (Å²) in [6.07, 6.45) is 0. The molecule has 0 fully saturated rings.